The van der Waals surface area contributed by atoms with Crippen LogP contribution < -0.4 is 20.2 Å². The third-order valence-electron chi connectivity index (χ3n) is 4.15. The van der Waals surface area contributed by atoms with Crippen LogP contribution in [0.15, 0.2) is 41.3 Å². The normalized spacial score (nSPS) is 10.6. The molecule has 0 saturated carbocycles. The van der Waals surface area contributed by atoms with Gasteiger partial charge in [0, 0.05) is 22.7 Å². The molecule has 0 bridgehead atoms. The third kappa shape index (κ3) is 3.11. The van der Waals surface area contributed by atoms with Crippen LogP contribution >= 0.6 is 11.6 Å². The number of anilines is 1. The van der Waals surface area contributed by atoms with Gasteiger partial charge in [-0.15, -0.1) is 0 Å². The number of amides is 1. The number of aryl methyl sites for hydroxylation is 1. The van der Waals surface area contributed by atoms with Crippen molar-refractivity contribution >= 4 is 34.1 Å². The Kier molecular flexibility index (Phi) is 4.86. The van der Waals surface area contributed by atoms with E-state index >= 15 is 0 Å². The minimum absolute atomic E-state index is 0.0101. The first-order chi connectivity index (χ1) is 12.5. The number of methoxy groups -OCH3 is 2. The first-order valence-corrected chi connectivity index (χ1v) is 8.18. The molecule has 0 radical (unpaired) electrons. The molecule has 0 unspecified atom stereocenters. The maximum absolute atomic E-state index is 12.7. The van der Waals surface area contributed by atoms with Crippen molar-refractivity contribution in [3.8, 4) is 11.5 Å². The van der Waals surface area contributed by atoms with Gasteiger partial charge in [-0.1, -0.05) is 11.6 Å². The lowest BCUT2D eigenvalue weighted by molar-refractivity contribution is 0.102. The largest absolute Gasteiger partial charge is 0.497 e. The second-order valence-corrected chi connectivity index (χ2v) is 6.05. The molecule has 0 atom stereocenters. The van der Waals surface area contributed by atoms with Crippen molar-refractivity contribution in [1.82, 2.24) is 4.98 Å². The fourth-order valence-corrected chi connectivity index (χ4v) is 2.84. The zero-order valence-corrected chi connectivity index (χ0v) is 15.2. The van der Waals surface area contributed by atoms with Gasteiger partial charge in [0.05, 0.1) is 25.4 Å². The highest BCUT2D eigenvalue weighted by Gasteiger charge is 2.16. The molecule has 3 rings (SSSR count). The quantitative estimate of drug-likeness (QED) is 0.730. The van der Waals surface area contributed by atoms with Crippen molar-refractivity contribution in [1.29, 1.82) is 0 Å². The molecule has 2 aromatic carbocycles. The number of H-pyrrole nitrogens is 1. The summed E-state index contributed by atoms with van der Waals surface area (Å²) in [6.45, 7) is 1.81. The van der Waals surface area contributed by atoms with E-state index in [0.29, 0.717) is 33.1 Å². The van der Waals surface area contributed by atoms with Crippen LogP contribution in [-0.2, 0) is 0 Å². The number of ether oxygens (including phenoxy) is 2. The number of carbonyl (C=O) groups is 1. The van der Waals surface area contributed by atoms with Crippen molar-refractivity contribution in [2.45, 2.75) is 6.92 Å². The van der Waals surface area contributed by atoms with E-state index < -0.39 is 5.91 Å². The Hall–Kier alpha value is -2.99. The Morgan fingerprint density at radius 2 is 1.92 bits per heavy atom. The van der Waals surface area contributed by atoms with Crippen molar-refractivity contribution in [3.63, 3.8) is 0 Å². The predicted octanol–water partition coefficient (Wildman–Crippen LogP) is 3.76. The number of hydrogen-bond donors (Lipinski definition) is 2. The van der Waals surface area contributed by atoms with Gasteiger partial charge in [0.15, 0.2) is 0 Å². The summed E-state index contributed by atoms with van der Waals surface area (Å²) >= 11 is 6.08. The number of pyridine rings is 1. The van der Waals surface area contributed by atoms with E-state index in [0.717, 1.165) is 5.56 Å². The summed E-state index contributed by atoms with van der Waals surface area (Å²) in [5, 5.41) is 3.64. The van der Waals surface area contributed by atoms with E-state index in [1.807, 2.05) is 6.92 Å². The molecule has 0 aliphatic heterocycles. The monoisotopic (exact) mass is 372 g/mol. The number of aromatic nitrogens is 1. The molecule has 1 aromatic heterocycles. The molecule has 134 valence electrons. The Balaban J connectivity index is 2.03. The van der Waals surface area contributed by atoms with Gasteiger partial charge in [0.1, 0.15) is 17.1 Å². The fourth-order valence-electron chi connectivity index (χ4n) is 2.69. The standard InChI is InChI=1S/C19H17ClN2O4/c1-10-14(20)6-5-12-17(10)21-9-13(18(12)23)19(24)22-15-8-11(25-2)4-7-16(15)26-3/h4-9H,1-3H3,(H,21,23)(H,22,24). The second-order valence-electron chi connectivity index (χ2n) is 5.65. The first-order valence-electron chi connectivity index (χ1n) is 7.80. The molecule has 3 aromatic rings. The molecule has 6 nitrogen and oxygen atoms in total. The van der Waals surface area contributed by atoms with Crippen LogP contribution in [0.2, 0.25) is 5.02 Å². The van der Waals surface area contributed by atoms with Crippen molar-refractivity contribution in [2.24, 2.45) is 0 Å². The van der Waals surface area contributed by atoms with Gasteiger partial charge in [-0.3, -0.25) is 9.59 Å². The fraction of sp³-hybridized carbons (Fsp3) is 0.158. The SMILES string of the molecule is COc1ccc(OC)c(NC(=O)c2c[nH]c3c(C)c(Cl)ccc3c2=O)c1. The van der Waals surface area contributed by atoms with Gasteiger partial charge in [-0.25, -0.2) is 0 Å². The summed E-state index contributed by atoms with van der Waals surface area (Å²) in [7, 11) is 3.02. The Morgan fingerprint density at radius 3 is 2.62 bits per heavy atom. The molecular weight excluding hydrogens is 356 g/mol. The number of benzene rings is 2. The van der Waals surface area contributed by atoms with E-state index in [1.165, 1.54) is 20.4 Å². The van der Waals surface area contributed by atoms with Gasteiger partial charge in [-0.05, 0) is 36.8 Å². The molecule has 0 aliphatic rings. The van der Waals surface area contributed by atoms with E-state index in [9.17, 15) is 9.59 Å². The number of aromatic amines is 1. The van der Waals surface area contributed by atoms with Crippen molar-refractivity contribution < 1.29 is 14.3 Å². The zero-order chi connectivity index (χ0) is 18.8. The predicted molar refractivity (Wildman–Crippen MR) is 102 cm³/mol. The lowest BCUT2D eigenvalue weighted by atomic mass is 10.1. The summed E-state index contributed by atoms with van der Waals surface area (Å²) in [6, 6.07) is 8.25. The number of nitrogens with one attached hydrogen (secondary N) is 2. The van der Waals surface area contributed by atoms with Crippen LogP contribution in [0.5, 0.6) is 11.5 Å². The highest BCUT2D eigenvalue weighted by Crippen LogP contribution is 2.29. The van der Waals surface area contributed by atoms with Crippen LogP contribution in [0.25, 0.3) is 10.9 Å². The molecule has 2 N–H and O–H groups in total. The van der Waals surface area contributed by atoms with Crippen molar-refractivity contribution in [2.75, 3.05) is 19.5 Å². The summed E-state index contributed by atoms with van der Waals surface area (Å²) < 4.78 is 10.4. The number of carbonyl (C=O) groups excluding carboxylic acids is 1. The van der Waals surface area contributed by atoms with E-state index in [4.69, 9.17) is 21.1 Å². The van der Waals surface area contributed by atoms with Gasteiger partial charge >= 0.3 is 0 Å². The third-order valence-corrected chi connectivity index (χ3v) is 4.56. The van der Waals surface area contributed by atoms with Gasteiger partial charge in [0.2, 0.25) is 5.43 Å². The molecular formula is C19H17ClN2O4. The van der Waals surface area contributed by atoms with Crippen LogP contribution in [0.1, 0.15) is 15.9 Å². The van der Waals surface area contributed by atoms with Crippen LogP contribution in [0.3, 0.4) is 0 Å². The maximum atomic E-state index is 12.7. The van der Waals surface area contributed by atoms with E-state index in [2.05, 4.69) is 10.3 Å². The summed E-state index contributed by atoms with van der Waals surface area (Å²) in [5.74, 6) is 0.463. The number of fused-ring (bicyclic) bond motifs is 1. The summed E-state index contributed by atoms with van der Waals surface area (Å²) in [5.41, 5.74) is 1.38. The average molecular weight is 373 g/mol. The number of halogens is 1. The molecule has 0 fully saturated rings. The van der Waals surface area contributed by atoms with E-state index in [-0.39, 0.29) is 11.0 Å². The first kappa shape index (κ1) is 17.8. The highest BCUT2D eigenvalue weighted by molar-refractivity contribution is 6.32. The lowest BCUT2D eigenvalue weighted by Crippen LogP contribution is -2.22. The molecule has 7 heteroatoms. The second kappa shape index (κ2) is 7.09. The Bertz CT molecular complexity index is 1060. The Labute approximate surface area is 154 Å². The van der Waals surface area contributed by atoms with Gasteiger partial charge in [0.25, 0.3) is 5.91 Å². The number of rotatable bonds is 4. The molecule has 0 saturated heterocycles. The van der Waals surface area contributed by atoms with E-state index in [1.54, 1.807) is 30.3 Å². The number of hydrogen-bond acceptors (Lipinski definition) is 4. The smallest absolute Gasteiger partial charge is 0.261 e. The summed E-state index contributed by atoms with van der Waals surface area (Å²) in [6.07, 6.45) is 1.38. The average Bonchev–Trinajstić information content (AvgIpc) is 2.65. The molecule has 1 amide bonds. The Morgan fingerprint density at radius 1 is 1.15 bits per heavy atom. The molecule has 1 heterocycles. The minimum atomic E-state index is -0.549. The molecule has 0 aliphatic carbocycles. The van der Waals surface area contributed by atoms with Gasteiger partial charge < -0.3 is 19.8 Å². The maximum Gasteiger partial charge on any atom is 0.261 e. The highest BCUT2D eigenvalue weighted by atomic mass is 35.5. The zero-order valence-electron chi connectivity index (χ0n) is 14.5. The van der Waals surface area contributed by atoms with Crippen LogP contribution in [-0.4, -0.2) is 25.1 Å². The van der Waals surface area contributed by atoms with Crippen molar-refractivity contribution in [3.05, 3.63) is 62.9 Å². The van der Waals surface area contributed by atoms with Crippen LogP contribution in [0, 0.1) is 6.92 Å². The lowest BCUT2D eigenvalue weighted by Gasteiger charge is -2.12. The summed E-state index contributed by atoms with van der Waals surface area (Å²) in [4.78, 5) is 28.4. The van der Waals surface area contributed by atoms with Gasteiger partial charge in [-0.2, -0.15) is 0 Å². The molecule has 26 heavy (non-hydrogen) atoms. The minimum Gasteiger partial charge on any atom is -0.497 e. The van der Waals surface area contributed by atoms with Crippen LogP contribution in [0.4, 0.5) is 5.69 Å². The molecule has 0 spiro atoms. The topological polar surface area (TPSA) is 80.4 Å².